The second kappa shape index (κ2) is 9.85. The van der Waals surface area contributed by atoms with Gasteiger partial charge in [0.15, 0.2) is 0 Å². The molecule has 0 spiro atoms. The molecule has 0 aliphatic heterocycles. The van der Waals surface area contributed by atoms with Gasteiger partial charge in [0, 0.05) is 48.7 Å². The molecule has 0 aromatic carbocycles. The maximum Gasteiger partial charge on any atom is 0.305 e. The average molecular weight is 538 g/mol. The molecule has 4 aliphatic rings. The molecule has 0 radical (unpaired) electrons. The molecule has 4 rings (SSSR count). The third kappa shape index (κ3) is 4.83. The summed E-state index contributed by atoms with van der Waals surface area (Å²) in [6, 6.07) is 0. The van der Waals surface area contributed by atoms with E-state index in [1.165, 1.54) is 0 Å². The summed E-state index contributed by atoms with van der Waals surface area (Å²) < 4.78 is 37.1. The molecule has 0 aromatic heterocycles. The fraction of sp³-hybridized carbons (Fsp3) is 0.857. The van der Waals surface area contributed by atoms with Crippen LogP contribution in [0.3, 0.4) is 0 Å². The Morgan fingerprint density at radius 1 is 1.03 bits per heavy atom. The van der Waals surface area contributed by atoms with Gasteiger partial charge in [0.2, 0.25) is 0 Å². The second-order valence-electron chi connectivity index (χ2n) is 12.9. The van der Waals surface area contributed by atoms with Crippen molar-refractivity contribution in [3.05, 3.63) is 0 Å². The van der Waals surface area contributed by atoms with Crippen molar-refractivity contribution in [3.63, 3.8) is 0 Å². The van der Waals surface area contributed by atoms with Crippen LogP contribution in [-0.2, 0) is 34.0 Å². The van der Waals surface area contributed by atoms with E-state index in [2.05, 4.69) is 20.8 Å². The van der Waals surface area contributed by atoms with Crippen molar-refractivity contribution in [1.82, 2.24) is 0 Å². The number of Topliss-reactive ketones (excluding diaryl/α,β-unsaturated/α-hetero) is 3. The Kier molecular flexibility index (Phi) is 7.56. The second-order valence-corrected chi connectivity index (χ2v) is 14.4. The monoisotopic (exact) mass is 537 g/mol. The van der Waals surface area contributed by atoms with E-state index < -0.39 is 32.7 Å². The third-order valence-electron chi connectivity index (χ3n) is 11.2. The minimum absolute atomic E-state index is 0.0221. The van der Waals surface area contributed by atoms with Crippen LogP contribution < -0.4 is 0 Å². The molecule has 37 heavy (non-hydrogen) atoms. The summed E-state index contributed by atoms with van der Waals surface area (Å²) >= 11 is 0. The summed E-state index contributed by atoms with van der Waals surface area (Å²) in [6.45, 7) is 8.30. The van der Waals surface area contributed by atoms with Crippen molar-refractivity contribution in [2.75, 3.05) is 12.4 Å². The first kappa shape index (κ1) is 28.4. The van der Waals surface area contributed by atoms with E-state index in [0.717, 1.165) is 19.3 Å². The Labute approximate surface area is 220 Å². The van der Waals surface area contributed by atoms with Crippen LogP contribution in [0.2, 0.25) is 0 Å². The molecule has 0 heterocycles. The number of fused-ring (bicyclic) bond motifs is 5. The van der Waals surface area contributed by atoms with Crippen LogP contribution in [0.1, 0.15) is 91.9 Å². The number of esters is 1. The fourth-order valence-corrected chi connectivity index (χ4v) is 9.51. The Balaban J connectivity index is 1.45. The van der Waals surface area contributed by atoms with E-state index in [1.807, 2.05) is 6.92 Å². The lowest BCUT2D eigenvalue weighted by Gasteiger charge is -2.63. The van der Waals surface area contributed by atoms with Crippen LogP contribution in [0, 0.1) is 45.8 Å². The molecule has 4 aliphatic carbocycles. The van der Waals surface area contributed by atoms with Crippen molar-refractivity contribution in [3.8, 4) is 0 Å². The van der Waals surface area contributed by atoms with Gasteiger partial charge in [0.1, 0.15) is 17.3 Å². The maximum absolute atomic E-state index is 13.9. The zero-order chi connectivity index (χ0) is 27.4. The molecule has 1 unspecified atom stereocenters. The lowest BCUT2D eigenvalue weighted by molar-refractivity contribution is -0.185. The fourth-order valence-electron chi connectivity index (χ4n) is 9.04. The van der Waals surface area contributed by atoms with Crippen molar-refractivity contribution < 1.29 is 36.9 Å². The van der Waals surface area contributed by atoms with E-state index >= 15 is 0 Å². The zero-order valence-corrected chi connectivity index (χ0v) is 23.4. The SMILES string of the molecule is C[C@H](CCC(=O)OCCCS(=O)(=O)[O-])[C@H]1CC[C@@H]2[C@]1(C)C(=O)C[C@H]1[C@@]2(C)C(=O)CC2CC(=O)CC[C@@]21C. The van der Waals surface area contributed by atoms with E-state index in [-0.39, 0.29) is 71.8 Å². The number of ketones is 3. The smallest absolute Gasteiger partial charge is 0.305 e. The number of rotatable bonds is 8. The largest absolute Gasteiger partial charge is 0.748 e. The summed E-state index contributed by atoms with van der Waals surface area (Å²) in [5, 5.41) is 0. The molecule has 9 heteroatoms. The predicted molar refractivity (Wildman–Crippen MR) is 134 cm³/mol. The summed E-state index contributed by atoms with van der Waals surface area (Å²) in [5.41, 5.74) is -1.38. The quantitative estimate of drug-likeness (QED) is 0.259. The number of carbonyl (C=O) groups is 4. The number of hydrogen-bond acceptors (Lipinski definition) is 8. The maximum atomic E-state index is 13.9. The van der Waals surface area contributed by atoms with Crippen LogP contribution in [-0.4, -0.2) is 48.6 Å². The first-order valence-corrected chi connectivity index (χ1v) is 15.4. The van der Waals surface area contributed by atoms with Crippen molar-refractivity contribution in [2.24, 2.45) is 45.8 Å². The third-order valence-corrected chi connectivity index (χ3v) is 12.0. The molecule has 0 bridgehead atoms. The minimum atomic E-state index is -4.33. The van der Waals surface area contributed by atoms with Gasteiger partial charge in [0.05, 0.1) is 16.7 Å². The van der Waals surface area contributed by atoms with Gasteiger partial charge in [-0.15, -0.1) is 0 Å². The number of hydrogen-bond donors (Lipinski definition) is 0. The molecule has 0 amide bonds. The van der Waals surface area contributed by atoms with Gasteiger partial charge >= 0.3 is 5.97 Å². The number of carbonyl (C=O) groups excluding carboxylic acids is 4. The van der Waals surface area contributed by atoms with E-state index in [4.69, 9.17) is 4.74 Å². The van der Waals surface area contributed by atoms with Crippen LogP contribution >= 0.6 is 0 Å². The molecule has 208 valence electrons. The standard InChI is InChI=1S/C28H42O8S/c1-17(6-9-25(32)36-12-5-13-37(33,34)35)20-7-8-21-27(20,3)24(31)16-22-26(2)11-10-19(29)14-18(26)15-23(30)28(21,22)4/h17-18,20-22H,5-16H2,1-4H3,(H,33,34,35)/p-1/t17-,18?,20-,21-,22-,26+,27-,28+/m1/s1. The molecule has 0 saturated heterocycles. The summed E-state index contributed by atoms with van der Waals surface area (Å²) in [5.74, 6) is -0.232. The van der Waals surface area contributed by atoms with Gasteiger partial charge in [0.25, 0.3) is 0 Å². The Hall–Kier alpha value is -1.61. The van der Waals surface area contributed by atoms with Crippen molar-refractivity contribution in [2.45, 2.75) is 91.9 Å². The molecule has 0 N–H and O–H groups in total. The Morgan fingerprint density at radius 2 is 1.70 bits per heavy atom. The lowest BCUT2D eigenvalue weighted by atomic mass is 9.38. The van der Waals surface area contributed by atoms with E-state index in [1.54, 1.807) is 0 Å². The molecule has 0 aromatic rings. The summed E-state index contributed by atoms with van der Waals surface area (Å²) in [6.07, 6.45) is 4.86. The Bertz CT molecular complexity index is 1080. The molecule has 8 atom stereocenters. The van der Waals surface area contributed by atoms with Crippen molar-refractivity contribution >= 4 is 33.4 Å². The van der Waals surface area contributed by atoms with Gasteiger partial charge in [-0.25, -0.2) is 8.42 Å². The highest BCUT2D eigenvalue weighted by atomic mass is 32.2. The molecular formula is C28H41O8S-. The van der Waals surface area contributed by atoms with Gasteiger partial charge in [-0.05, 0) is 67.1 Å². The van der Waals surface area contributed by atoms with Crippen LogP contribution in [0.5, 0.6) is 0 Å². The lowest BCUT2D eigenvalue weighted by Crippen LogP contribution is -2.65. The highest BCUT2D eigenvalue weighted by Gasteiger charge is 2.71. The summed E-state index contributed by atoms with van der Waals surface area (Å²) in [7, 11) is -4.33. The molecule has 4 saturated carbocycles. The van der Waals surface area contributed by atoms with E-state index in [9.17, 15) is 32.1 Å². The molecular weight excluding hydrogens is 496 g/mol. The first-order valence-electron chi connectivity index (χ1n) is 13.8. The zero-order valence-electron chi connectivity index (χ0n) is 22.5. The van der Waals surface area contributed by atoms with Gasteiger partial charge < -0.3 is 9.29 Å². The normalized spacial score (nSPS) is 40.5. The van der Waals surface area contributed by atoms with Gasteiger partial charge in [-0.3, -0.25) is 19.2 Å². The van der Waals surface area contributed by atoms with E-state index in [0.29, 0.717) is 32.1 Å². The minimum Gasteiger partial charge on any atom is -0.748 e. The topological polar surface area (TPSA) is 135 Å². The molecule has 8 nitrogen and oxygen atoms in total. The summed E-state index contributed by atoms with van der Waals surface area (Å²) in [4.78, 5) is 52.1. The van der Waals surface area contributed by atoms with Crippen LogP contribution in [0.25, 0.3) is 0 Å². The van der Waals surface area contributed by atoms with Gasteiger partial charge in [-0.1, -0.05) is 27.7 Å². The van der Waals surface area contributed by atoms with Crippen LogP contribution in [0.4, 0.5) is 0 Å². The number of ether oxygens (including phenoxy) is 1. The highest BCUT2D eigenvalue weighted by Crippen LogP contribution is 2.70. The van der Waals surface area contributed by atoms with Gasteiger partial charge in [-0.2, -0.15) is 0 Å². The van der Waals surface area contributed by atoms with Crippen LogP contribution in [0.15, 0.2) is 0 Å². The average Bonchev–Trinajstić information content (AvgIpc) is 3.18. The Morgan fingerprint density at radius 3 is 2.38 bits per heavy atom. The highest BCUT2D eigenvalue weighted by molar-refractivity contribution is 7.85. The predicted octanol–water partition coefficient (Wildman–Crippen LogP) is 3.86. The molecule has 4 fully saturated rings. The van der Waals surface area contributed by atoms with Crippen molar-refractivity contribution in [1.29, 1.82) is 0 Å². The first-order chi connectivity index (χ1) is 17.1.